The zero-order valence-electron chi connectivity index (χ0n) is 43.2. The second-order valence-corrected chi connectivity index (χ2v) is 20.1. The summed E-state index contributed by atoms with van der Waals surface area (Å²) in [5.41, 5.74) is 0. The molecule has 1 aliphatic heterocycles. The van der Waals surface area contributed by atoms with Crippen molar-refractivity contribution in [3.05, 3.63) is 24.3 Å². The normalized spacial score (nSPS) is 19.9. The smallest absolute Gasteiger partial charge is 0.220 e. The van der Waals surface area contributed by atoms with E-state index in [1.807, 2.05) is 6.08 Å². The highest BCUT2D eigenvalue weighted by Gasteiger charge is 2.44. The van der Waals surface area contributed by atoms with E-state index in [1.165, 1.54) is 218 Å². The summed E-state index contributed by atoms with van der Waals surface area (Å²) in [6.07, 6.45) is 52.4. The number of ether oxygens (including phenoxy) is 2. The number of aliphatic hydroxyl groups excluding tert-OH is 5. The van der Waals surface area contributed by atoms with Gasteiger partial charge in [-0.15, -0.1) is 0 Å². The van der Waals surface area contributed by atoms with Gasteiger partial charge in [-0.25, -0.2) is 0 Å². The molecular weight excluding hydrogens is 827 g/mol. The van der Waals surface area contributed by atoms with Crippen molar-refractivity contribution >= 4 is 5.91 Å². The van der Waals surface area contributed by atoms with Crippen LogP contribution in [0.1, 0.15) is 277 Å². The van der Waals surface area contributed by atoms with Gasteiger partial charge in [0.1, 0.15) is 24.4 Å². The molecule has 0 saturated carbocycles. The van der Waals surface area contributed by atoms with Crippen LogP contribution < -0.4 is 5.32 Å². The predicted molar refractivity (Wildman–Crippen MR) is 277 cm³/mol. The Labute approximate surface area is 407 Å². The molecule has 0 bridgehead atoms. The first-order valence-corrected chi connectivity index (χ1v) is 28.6. The first kappa shape index (κ1) is 62.7. The van der Waals surface area contributed by atoms with Crippen LogP contribution in [0.4, 0.5) is 0 Å². The molecule has 9 nitrogen and oxygen atoms in total. The second kappa shape index (κ2) is 47.4. The molecule has 0 aromatic carbocycles. The van der Waals surface area contributed by atoms with Crippen molar-refractivity contribution in [3.8, 4) is 0 Å². The molecule has 0 spiro atoms. The van der Waals surface area contributed by atoms with Crippen LogP contribution in [-0.2, 0) is 14.3 Å². The Balaban J connectivity index is 2.21. The van der Waals surface area contributed by atoms with E-state index >= 15 is 0 Å². The van der Waals surface area contributed by atoms with E-state index in [2.05, 4.69) is 31.3 Å². The highest BCUT2D eigenvalue weighted by Crippen LogP contribution is 2.23. The van der Waals surface area contributed by atoms with Gasteiger partial charge in [-0.3, -0.25) is 4.79 Å². The Bertz CT molecular complexity index is 1090. The fourth-order valence-corrected chi connectivity index (χ4v) is 9.21. The molecule has 1 rings (SSSR count). The first-order valence-electron chi connectivity index (χ1n) is 28.6. The van der Waals surface area contributed by atoms with Gasteiger partial charge in [0.15, 0.2) is 6.29 Å². The molecule has 1 aliphatic rings. The Hall–Kier alpha value is -1.33. The van der Waals surface area contributed by atoms with Crippen LogP contribution in [0.3, 0.4) is 0 Å². The number of aliphatic hydroxyl groups is 5. The molecule has 0 aromatic rings. The van der Waals surface area contributed by atoms with Gasteiger partial charge in [-0.05, 0) is 44.9 Å². The highest BCUT2D eigenvalue weighted by molar-refractivity contribution is 5.76. The van der Waals surface area contributed by atoms with Gasteiger partial charge in [-0.1, -0.05) is 250 Å². The van der Waals surface area contributed by atoms with E-state index in [-0.39, 0.29) is 12.5 Å². The van der Waals surface area contributed by atoms with Crippen LogP contribution in [0.2, 0.25) is 0 Å². The summed E-state index contributed by atoms with van der Waals surface area (Å²) in [6, 6.07) is -0.803. The molecule has 7 atom stereocenters. The predicted octanol–water partition coefficient (Wildman–Crippen LogP) is 13.8. The number of amides is 1. The maximum Gasteiger partial charge on any atom is 0.220 e. The van der Waals surface area contributed by atoms with Crippen molar-refractivity contribution in [1.82, 2.24) is 5.32 Å². The standard InChI is InChI=1S/C57H109NO8/c1-3-5-7-9-11-13-15-17-19-21-22-23-24-25-26-27-28-29-31-33-35-37-39-41-43-45-47-53(61)58-50(49-65-57-56(64)55(63)54(62)52(48-59)66-57)51(60)46-44-42-40-38-36-34-32-30-20-18-16-14-12-10-8-6-4-2/h25-26,44,46,50-52,54-57,59-60,62-64H,3-24,27-43,45,47-49H2,1-2H3,(H,58,61)/b26-25-,46-44+. The molecule has 0 radical (unpaired) electrons. The molecule has 1 amide bonds. The van der Waals surface area contributed by atoms with Gasteiger partial charge >= 0.3 is 0 Å². The maximum atomic E-state index is 13.0. The summed E-state index contributed by atoms with van der Waals surface area (Å²) in [5.74, 6) is -0.175. The van der Waals surface area contributed by atoms with E-state index in [9.17, 15) is 30.3 Å². The van der Waals surface area contributed by atoms with Gasteiger partial charge in [0.25, 0.3) is 0 Å². The monoisotopic (exact) mass is 936 g/mol. The van der Waals surface area contributed by atoms with E-state index < -0.39 is 49.5 Å². The lowest BCUT2D eigenvalue weighted by Gasteiger charge is -2.40. The van der Waals surface area contributed by atoms with E-state index in [0.717, 1.165) is 38.5 Å². The summed E-state index contributed by atoms with van der Waals surface area (Å²) in [4.78, 5) is 13.0. The number of carbonyl (C=O) groups excluding carboxylic acids is 1. The number of allylic oxidation sites excluding steroid dienone is 3. The summed E-state index contributed by atoms with van der Waals surface area (Å²) in [5, 5.41) is 54.5. The molecule has 0 aliphatic carbocycles. The molecular formula is C57H109NO8. The zero-order valence-corrected chi connectivity index (χ0v) is 43.2. The Kier molecular flexibility index (Phi) is 45.0. The minimum atomic E-state index is -1.57. The average Bonchev–Trinajstić information content (AvgIpc) is 3.32. The Morgan fingerprint density at radius 1 is 0.500 bits per heavy atom. The quantitative estimate of drug-likeness (QED) is 0.0261. The Morgan fingerprint density at radius 3 is 1.23 bits per heavy atom. The molecule has 9 heteroatoms. The topological polar surface area (TPSA) is 149 Å². The molecule has 390 valence electrons. The number of carbonyl (C=O) groups is 1. The second-order valence-electron chi connectivity index (χ2n) is 20.1. The number of nitrogens with one attached hydrogen (secondary N) is 1. The summed E-state index contributed by atoms with van der Waals surface area (Å²) < 4.78 is 11.3. The molecule has 1 heterocycles. The third-order valence-electron chi connectivity index (χ3n) is 13.8. The zero-order chi connectivity index (χ0) is 48.0. The van der Waals surface area contributed by atoms with E-state index in [0.29, 0.717) is 6.42 Å². The van der Waals surface area contributed by atoms with Gasteiger partial charge in [0, 0.05) is 6.42 Å². The van der Waals surface area contributed by atoms with Crippen LogP contribution in [0.25, 0.3) is 0 Å². The fraction of sp³-hybridized carbons (Fsp3) is 0.912. The van der Waals surface area contributed by atoms with Gasteiger partial charge in [-0.2, -0.15) is 0 Å². The SMILES string of the molecule is CCCCCCCCCCCCCC/C=C\CCCCCCCCCCCCC(=O)NC(COC1OC(CO)C(O)C(O)C1O)C(O)/C=C/CCCCCCCCCCCCCCCCC. The van der Waals surface area contributed by atoms with Crippen molar-refractivity contribution in [2.45, 2.75) is 320 Å². The lowest BCUT2D eigenvalue weighted by molar-refractivity contribution is -0.302. The van der Waals surface area contributed by atoms with Gasteiger partial charge in [0.05, 0.1) is 25.4 Å². The largest absolute Gasteiger partial charge is 0.394 e. The molecule has 7 unspecified atom stereocenters. The number of rotatable bonds is 49. The molecule has 1 fully saturated rings. The van der Waals surface area contributed by atoms with Gasteiger partial charge < -0.3 is 40.3 Å². The number of hydrogen-bond donors (Lipinski definition) is 6. The molecule has 0 aromatic heterocycles. The minimum absolute atomic E-state index is 0.175. The summed E-state index contributed by atoms with van der Waals surface area (Å²) >= 11 is 0. The van der Waals surface area contributed by atoms with Crippen molar-refractivity contribution in [2.24, 2.45) is 0 Å². The lowest BCUT2D eigenvalue weighted by atomic mass is 9.99. The Morgan fingerprint density at radius 2 is 0.848 bits per heavy atom. The molecule has 66 heavy (non-hydrogen) atoms. The molecule has 6 N–H and O–H groups in total. The van der Waals surface area contributed by atoms with Gasteiger partial charge in [0.2, 0.25) is 5.91 Å². The summed E-state index contributed by atoms with van der Waals surface area (Å²) in [6.45, 7) is 3.81. The van der Waals surface area contributed by atoms with Crippen LogP contribution in [0.5, 0.6) is 0 Å². The van der Waals surface area contributed by atoms with Crippen LogP contribution >= 0.6 is 0 Å². The third-order valence-corrected chi connectivity index (χ3v) is 13.8. The third kappa shape index (κ3) is 36.6. The fourth-order valence-electron chi connectivity index (χ4n) is 9.21. The molecule has 1 saturated heterocycles. The lowest BCUT2D eigenvalue weighted by Crippen LogP contribution is -2.60. The van der Waals surface area contributed by atoms with Crippen LogP contribution in [-0.4, -0.2) is 87.5 Å². The van der Waals surface area contributed by atoms with E-state index in [1.54, 1.807) is 6.08 Å². The van der Waals surface area contributed by atoms with E-state index in [4.69, 9.17) is 9.47 Å². The van der Waals surface area contributed by atoms with Crippen molar-refractivity contribution in [1.29, 1.82) is 0 Å². The van der Waals surface area contributed by atoms with Crippen molar-refractivity contribution in [2.75, 3.05) is 13.2 Å². The maximum absolute atomic E-state index is 13.0. The minimum Gasteiger partial charge on any atom is -0.394 e. The van der Waals surface area contributed by atoms with Crippen LogP contribution in [0.15, 0.2) is 24.3 Å². The van der Waals surface area contributed by atoms with Crippen molar-refractivity contribution < 1.29 is 39.8 Å². The first-order chi connectivity index (χ1) is 32.3. The van der Waals surface area contributed by atoms with Crippen molar-refractivity contribution in [3.63, 3.8) is 0 Å². The highest BCUT2D eigenvalue weighted by atomic mass is 16.7. The summed E-state index contributed by atoms with van der Waals surface area (Å²) in [7, 11) is 0. The van der Waals surface area contributed by atoms with Crippen LogP contribution in [0, 0.1) is 0 Å². The number of hydrogen-bond acceptors (Lipinski definition) is 8. The average molecular weight is 936 g/mol. The number of unbranched alkanes of at least 4 members (excludes halogenated alkanes) is 37.